The van der Waals surface area contributed by atoms with Crippen molar-refractivity contribution in [3.63, 3.8) is 0 Å². The van der Waals surface area contributed by atoms with Crippen molar-refractivity contribution in [1.82, 2.24) is 5.32 Å². The molecule has 1 N–H and O–H groups in total. The molecular formula is C10H19N. The molecule has 0 unspecified atom stereocenters. The van der Waals surface area contributed by atoms with Gasteiger partial charge in [-0.25, -0.2) is 0 Å². The molecule has 1 rings (SSSR count). The molecule has 1 aliphatic heterocycles. The van der Waals surface area contributed by atoms with Gasteiger partial charge in [0.15, 0.2) is 0 Å². The summed E-state index contributed by atoms with van der Waals surface area (Å²) in [7, 11) is 0. The van der Waals surface area contributed by atoms with Gasteiger partial charge in [0.1, 0.15) is 0 Å². The van der Waals surface area contributed by atoms with Crippen LogP contribution in [0.1, 0.15) is 27.7 Å². The first-order valence-corrected chi connectivity index (χ1v) is 4.41. The van der Waals surface area contributed by atoms with Crippen LogP contribution in [0.4, 0.5) is 0 Å². The number of dihydropyridines is 1. The highest BCUT2D eigenvalue weighted by Gasteiger charge is 2.00. The van der Waals surface area contributed by atoms with E-state index in [0.29, 0.717) is 5.92 Å². The second-order valence-corrected chi connectivity index (χ2v) is 2.59. The van der Waals surface area contributed by atoms with Crippen LogP contribution in [0.3, 0.4) is 0 Å². The zero-order chi connectivity index (χ0) is 8.69. The lowest BCUT2D eigenvalue weighted by atomic mass is 10.1. The Morgan fingerprint density at radius 1 is 1.36 bits per heavy atom. The van der Waals surface area contributed by atoms with Crippen molar-refractivity contribution in [2.75, 3.05) is 6.54 Å². The summed E-state index contributed by atoms with van der Waals surface area (Å²) >= 11 is 0. The van der Waals surface area contributed by atoms with Gasteiger partial charge in [-0.1, -0.05) is 39.8 Å². The molecular weight excluding hydrogens is 134 g/mol. The maximum absolute atomic E-state index is 3.29. The molecule has 0 atom stereocenters. The molecule has 0 spiro atoms. The van der Waals surface area contributed by atoms with E-state index in [4.69, 9.17) is 0 Å². The smallest absolute Gasteiger partial charge is 0.0330 e. The third-order valence-corrected chi connectivity index (χ3v) is 1.46. The van der Waals surface area contributed by atoms with Gasteiger partial charge in [-0.05, 0) is 12.0 Å². The topological polar surface area (TPSA) is 12.0 Å². The van der Waals surface area contributed by atoms with E-state index in [1.54, 1.807) is 0 Å². The van der Waals surface area contributed by atoms with Gasteiger partial charge in [0.2, 0.25) is 0 Å². The van der Waals surface area contributed by atoms with Crippen molar-refractivity contribution in [3.8, 4) is 0 Å². The highest BCUT2D eigenvalue weighted by Crippen LogP contribution is 2.07. The van der Waals surface area contributed by atoms with Gasteiger partial charge in [-0.15, -0.1) is 0 Å². The Morgan fingerprint density at radius 3 is 2.27 bits per heavy atom. The molecule has 0 saturated carbocycles. The fraction of sp³-hybridized carbons (Fsp3) is 0.600. The lowest BCUT2D eigenvalue weighted by Crippen LogP contribution is -2.19. The van der Waals surface area contributed by atoms with Crippen LogP contribution in [0.5, 0.6) is 0 Å². The summed E-state index contributed by atoms with van der Waals surface area (Å²) in [6.45, 7) is 9.38. The predicted octanol–water partition coefficient (Wildman–Crippen LogP) is 2.71. The Balaban J connectivity index is 0.000000461. The summed E-state index contributed by atoms with van der Waals surface area (Å²) in [6.07, 6.45) is 6.35. The van der Waals surface area contributed by atoms with Crippen molar-refractivity contribution in [2.24, 2.45) is 5.92 Å². The minimum atomic E-state index is 0.634. The maximum atomic E-state index is 3.29. The molecule has 0 fully saturated rings. The van der Waals surface area contributed by atoms with Crippen LogP contribution < -0.4 is 5.32 Å². The molecule has 0 radical (unpaired) electrons. The molecule has 11 heavy (non-hydrogen) atoms. The fourth-order valence-electron chi connectivity index (χ4n) is 0.872. The van der Waals surface area contributed by atoms with Gasteiger partial charge in [0.05, 0.1) is 0 Å². The number of nitrogens with one attached hydrogen (secondary N) is 1. The predicted molar refractivity (Wildman–Crippen MR) is 51.4 cm³/mol. The maximum Gasteiger partial charge on any atom is 0.0330 e. The van der Waals surface area contributed by atoms with E-state index in [1.807, 2.05) is 13.8 Å². The molecule has 1 heteroatoms. The van der Waals surface area contributed by atoms with Crippen LogP contribution in [-0.2, 0) is 0 Å². The van der Waals surface area contributed by atoms with Gasteiger partial charge >= 0.3 is 0 Å². The van der Waals surface area contributed by atoms with Crippen molar-refractivity contribution in [2.45, 2.75) is 27.7 Å². The zero-order valence-electron chi connectivity index (χ0n) is 8.02. The van der Waals surface area contributed by atoms with E-state index in [2.05, 4.69) is 37.4 Å². The van der Waals surface area contributed by atoms with Crippen molar-refractivity contribution >= 4 is 0 Å². The first kappa shape index (κ1) is 10.3. The molecule has 0 aromatic carbocycles. The standard InChI is InChI=1S/C8H13N.C2H6/c1-7(2)8-5-3-4-6-9-8;1-2/h3-5,7,9H,6H2,1-2H3;1-2H3. The van der Waals surface area contributed by atoms with Gasteiger partial charge in [0, 0.05) is 12.2 Å². The van der Waals surface area contributed by atoms with Gasteiger partial charge in [-0.3, -0.25) is 0 Å². The van der Waals surface area contributed by atoms with Crippen molar-refractivity contribution in [1.29, 1.82) is 0 Å². The van der Waals surface area contributed by atoms with Gasteiger partial charge < -0.3 is 5.32 Å². The van der Waals surface area contributed by atoms with Crippen LogP contribution in [0.15, 0.2) is 23.9 Å². The molecule has 0 bridgehead atoms. The molecule has 1 nitrogen and oxygen atoms in total. The van der Waals surface area contributed by atoms with E-state index in [-0.39, 0.29) is 0 Å². The van der Waals surface area contributed by atoms with Gasteiger partial charge in [-0.2, -0.15) is 0 Å². The summed E-state index contributed by atoms with van der Waals surface area (Å²) in [5.74, 6) is 0.634. The number of hydrogen-bond donors (Lipinski definition) is 1. The molecule has 0 saturated heterocycles. The summed E-state index contributed by atoms with van der Waals surface area (Å²) in [5.41, 5.74) is 1.34. The van der Waals surface area contributed by atoms with E-state index in [0.717, 1.165) is 6.54 Å². The minimum absolute atomic E-state index is 0.634. The number of hydrogen-bond acceptors (Lipinski definition) is 1. The van der Waals surface area contributed by atoms with Crippen LogP contribution in [-0.4, -0.2) is 6.54 Å². The van der Waals surface area contributed by atoms with E-state index in [1.165, 1.54) is 5.70 Å². The Labute approximate surface area is 70.2 Å². The van der Waals surface area contributed by atoms with Gasteiger partial charge in [0.25, 0.3) is 0 Å². The van der Waals surface area contributed by atoms with Crippen molar-refractivity contribution in [3.05, 3.63) is 23.9 Å². The summed E-state index contributed by atoms with van der Waals surface area (Å²) < 4.78 is 0. The van der Waals surface area contributed by atoms with E-state index in [9.17, 15) is 0 Å². The first-order chi connectivity index (χ1) is 5.30. The second-order valence-electron chi connectivity index (χ2n) is 2.59. The third-order valence-electron chi connectivity index (χ3n) is 1.46. The van der Waals surface area contributed by atoms with E-state index < -0.39 is 0 Å². The Hall–Kier alpha value is -0.720. The summed E-state index contributed by atoms with van der Waals surface area (Å²) in [6, 6.07) is 0. The lowest BCUT2D eigenvalue weighted by Gasteiger charge is -2.14. The van der Waals surface area contributed by atoms with Crippen LogP contribution in [0, 0.1) is 5.92 Å². The molecule has 1 heterocycles. The fourth-order valence-corrected chi connectivity index (χ4v) is 0.872. The quantitative estimate of drug-likeness (QED) is 0.610. The first-order valence-electron chi connectivity index (χ1n) is 4.41. The SMILES string of the molecule is CC.CC(C)C1=CC=CCN1. The molecule has 0 aromatic heterocycles. The Bertz CT molecular complexity index is 143. The Morgan fingerprint density at radius 2 is 2.00 bits per heavy atom. The molecule has 0 aromatic rings. The largest absolute Gasteiger partial charge is 0.385 e. The molecule has 64 valence electrons. The number of rotatable bonds is 1. The van der Waals surface area contributed by atoms with Crippen LogP contribution in [0.25, 0.3) is 0 Å². The highest BCUT2D eigenvalue weighted by molar-refractivity contribution is 5.17. The van der Waals surface area contributed by atoms with Crippen LogP contribution in [0.2, 0.25) is 0 Å². The molecule has 0 aliphatic carbocycles. The lowest BCUT2D eigenvalue weighted by molar-refractivity contribution is 0.675. The molecule has 0 amide bonds. The third kappa shape index (κ3) is 3.87. The van der Waals surface area contributed by atoms with Crippen LogP contribution >= 0.6 is 0 Å². The number of allylic oxidation sites excluding steroid dienone is 3. The van der Waals surface area contributed by atoms with E-state index >= 15 is 0 Å². The molecule has 1 aliphatic rings. The zero-order valence-corrected chi connectivity index (χ0v) is 8.02. The highest BCUT2D eigenvalue weighted by atomic mass is 14.9. The second kappa shape index (κ2) is 6.02. The average molecular weight is 153 g/mol. The Kier molecular flexibility index (Phi) is 5.63. The summed E-state index contributed by atoms with van der Waals surface area (Å²) in [4.78, 5) is 0. The normalized spacial score (nSPS) is 14.8. The minimum Gasteiger partial charge on any atom is -0.385 e. The summed E-state index contributed by atoms with van der Waals surface area (Å²) in [5, 5.41) is 3.29. The monoisotopic (exact) mass is 153 g/mol. The van der Waals surface area contributed by atoms with Crippen molar-refractivity contribution < 1.29 is 0 Å². The average Bonchev–Trinajstić information content (AvgIpc) is 2.10.